The van der Waals surface area contributed by atoms with Crippen molar-refractivity contribution >= 4 is 5.82 Å². The van der Waals surface area contributed by atoms with E-state index in [-0.39, 0.29) is 0 Å². The summed E-state index contributed by atoms with van der Waals surface area (Å²) in [5.41, 5.74) is 11.1. The minimum atomic E-state index is 0.545. The van der Waals surface area contributed by atoms with Crippen molar-refractivity contribution in [2.75, 3.05) is 12.8 Å². The van der Waals surface area contributed by atoms with Gasteiger partial charge in [-0.05, 0) is 44.4 Å². The van der Waals surface area contributed by atoms with E-state index < -0.39 is 0 Å². The summed E-state index contributed by atoms with van der Waals surface area (Å²) in [6.07, 6.45) is 1.82. The predicted molar refractivity (Wildman–Crippen MR) is 86.6 cm³/mol. The summed E-state index contributed by atoms with van der Waals surface area (Å²) >= 11 is 0. The zero-order chi connectivity index (χ0) is 15.6. The van der Waals surface area contributed by atoms with Gasteiger partial charge in [0.1, 0.15) is 17.4 Å². The van der Waals surface area contributed by atoms with Crippen LogP contribution >= 0.6 is 0 Å². The first kappa shape index (κ1) is 15.3. The topological polar surface area (TPSA) is 61.0 Å². The van der Waals surface area contributed by atoms with Crippen LogP contribution in [0.3, 0.4) is 0 Å². The Morgan fingerprint density at radius 3 is 2.43 bits per heavy atom. The van der Waals surface area contributed by atoms with Crippen LogP contribution in [0.25, 0.3) is 11.3 Å². The van der Waals surface area contributed by atoms with Crippen LogP contribution in [0, 0.1) is 20.8 Å². The Hall–Kier alpha value is -2.10. The van der Waals surface area contributed by atoms with Gasteiger partial charge >= 0.3 is 0 Å². The zero-order valence-electron chi connectivity index (χ0n) is 13.4. The Labute approximate surface area is 126 Å². The van der Waals surface area contributed by atoms with Crippen LogP contribution in [0.4, 0.5) is 5.82 Å². The fourth-order valence-electron chi connectivity index (χ4n) is 2.42. The number of benzene rings is 1. The average Bonchev–Trinajstić information content (AvgIpc) is 2.46. The van der Waals surface area contributed by atoms with Crippen LogP contribution in [0.5, 0.6) is 5.75 Å². The first-order chi connectivity index (χ1) is 9.99. The van der Waals surface area contributed by atoms with E-state index in [0.717, 1.165) is 46.8 Å². The molecule has 0 radical (unpaired) electrons. The van der Waals surface area contributed by atoms with Crippen LogP contribution in [0.1, 0.15) is 35.9 Å². The normalized spacial score (nSPS) is 10.7. The molecule has 0 saturated carbocycles. The summed E-state index contributed by atoms with van der Waals surface area (Å²) in [4.78, 5) is 9.07. The van der Waals surface area contributed by atoms with Gasteiger partial charge in [0.15, 0.2) is 0 Å². The minimum absolute atomic E-state index is 0.545. The van der Waals surface area contributed by atoms with E-state index in [1.807, 2.05) is 13.0 Å². The maximum atomic E-state index is 6.06. The van der Waals surface area contributed by atoms with Crippen molar-refractivity contribution in [1.82, 2.24) is 9.97 Å². The van der Waals surface area contributed by atoms with E-state index in [1.165, 1.54) is 5.56 Å². The molecule has 0 aliphatic heterocycles. The summed E-state index contributed by atoms with van der Waals surface area (Å²) in [6, 6.07) is 4.14. The highest BCUT2D eigenvalue weighted by atomic mass is 16.5. The van der Waals surface area contributed by atoms with E-state index in [0.29, 0.717) is 5.82 Å². The summed E-state index contributed by atoms with van der Waals surface area (Å²) < 4.78 is 5.60. The molecule has 4 nitrogen and oxygen atoms in total. The van der Waals surface area contributed by atoms with Gasteiger partial charge in [0.25, 0.3) is 0 Å². The number of nitrogens with two attached hydrogens (primary N) is 1. The fraction of sp³-hybridized carbons (Fsp3) is 0.412. The quantitative estimate of drug-likeness (QED) is 0.932. The molecule has 2 N–H and O–H groups in total. The standard InChI is InChI=1S/C17H23N3O/c1-6-7-14-19-15(12(4)17(18)20-14)13-9-8-10(2)11(3)16(13)21-5/h8-9H,6-7H2,1-5H3,(H2,18,19,20). The van der Waals surface area contributed by atoms with Crippen LogP contribution in [-0.4, -0.2) is 17.1 Å². The SMILES string of the molecule is CCCc1nc(N)c(C)c(-c2ccc(C)c(C)c2OC)n1. The molecule has 21 heavy (non-hydrogen) atoms. The maximum absolute atomic E-state index is 6.06. The number of aryl methyl sites for hydroxylation is 2. The van der Waals surface area contributed by atoms with Crippen LogP contribution in [0.2, 0.25) is 0 Å². The average molecular weight is 285 g/mol. The van der Waals surface area contributed by atoms with Gasteiger partial charge < -0.3 is 10.5 Å². The van der Waals surface area contributed by atoms with Gasteiger partial charge in [-0.15, -0.1) is 0 Å². The van der Waals surface area contributed by atoms with Crippen LogP contribution in [0.15, 0.2) is 12.1 Å². The Balaban J connectivity index is 2.69. The van der Waals surface area contributed by atoms with E-state index in [1.54, 1.807) is 7.11 Å². The highest BCUT2D eigenvalue weighted by molar-refractivity contribution is 5.75. The molecule has 0 amide bonds. The molecule has 0 saturated heterocycles. The summed E-state index contributed by atoms with van der Waals surface area (Å²) in [5, 5.41) is 0. The maximum Gasteiger partial charge on any atom is 0.131 e. The van der Waals surface area contributed by atoms with Gasteiger partial charge in [-0.25, -0.2) is 9.97 Å². The fourth-order valence-corrected chi connectivity index (χ4v) is 2.42. The largest absolute Gasteiger partial charge is 0.496 e. The lowest BCUT2D eigenvalue weighted by molar-refractivity contribution is 0.413. The first-order valence-corrected chi connectivity index (χ1v) is 7.27. The number of nitrogen functional groups attached to an aromatic ring is 1. The van der Waals surface area contributed by atoms with Crippen LogP contribution < -0.4 is 10.5 Å². The lowest BCUT2D eigenvalue weighted by Crippen LogP contribution is -2.06. The number of aromatic nitrogens is 2. The summed E-state index contributed by atoms with van der Waals surface area (Å²) in [7, 11) is 1.69. The second kappa shape index (κ2) is 6.12. The molecule has 1 heterocycles. The lowest BCUT2D eigenvalue weighted by atomic mass is 9.99. The van der Waals surface area contributed by atoms with Gasteiger partial charge in [0.05, 0.1) is 12.8 Å². The number of hydrogen-bond donors (Lipinski definition) is 1. The third-order valence-electron chi connectivity index (χ3n) is 3.84. The highest BCUT2D eigenvalue weighted by Gasteiger charge is 2.16. The van der Waals surface area contributed by atoms with Gasteiger partial charge in [-0.1, -0.05) is 13.0 Å². The molecule has 0 spiro atoms. The smallest absolute Gasteiger partial charge is 0.131 e. The Bertz CT molecular complexity index is 666. The molecule has 4 heteroatoms. The molecule has 2 rings (SSSR count). The van der Waals surface area contributed by atoms with E-state index >= 15 is 0 Å². The third-order valence-corrected chi connectivity index (χ3v) is 3.84. The van der Waals surface area contributed by atoms with Crippen molar-refractivity contribution in [1.29, 1.82) is 0 Å². The van der Waals surface area contributed by atoms with Crippen LogP contribution in [-0.2, 0) is 6.42 Å². The molecule has 0 aliphatic carbocycles. The van der Waals surface area contributed by atoms with Gasteiger partial charge in [-0.2, -0.15) is 0 Å². The number of rotatable bonds is 4. The monoisotopic (exact) mass is 285 g/mol. The first-order valence-electron chi connectivity index (χ1n) is 7.27. The van der Waals surface area contributed by atoms with Crippen molar-refractivity contribution in [3.05, 3.63) is 34.6 Å². The number of nitrogens with zero attached hydrogens (tertiary/aromatic N) is 2. The zero-order valence-corrected chi connectivity index (χ0v) is 13.4. The number of hydrogen-bond acceptors (Lipinski definition) is 4. The molecule has 0 atom stereocenters. The van der Waals surface area contributed by atoms with Crippen molar-refractivity contribution in [2.24, 2.45) is 0 Å². The van der Waals surface area contributed by atoms with Crippen molar-refractivity contribution < 1.29 is 4.74 Å². The lowest BCUT2D eigenvalue weighted by Gasteiger charge is -2.16. The molecule has 0 fully saturated rings. The Morgan fingerprint density at radius 1 is 1.10 bits per heavy atom. The van der Waals surface area contributed by atoms with Crippen molar-refractivity contribution in [3.63, 3.8) is 0 Å². The summed E-state index contributed by atoms with van der Waals surface area (Å²) in [6.45, 7) is 8.19. The molecule has 1 aromatic heterocycles. The molecule has 1 aromatic carbocycles. The van der Waals surface area contributed by atoms with Gasteiger partial charge in [0.2, 0.25) is 0 Å². The number of anilines is 1. The highest BCUT2D eigenvalue weighted by Crippen LogP contribution is 2.36. The number of methoxy groups -OCH3 is 1. The summed E-state index contributed by atoms with van der Waals surface area (Å²) in [5.74, 6) is 2.19. The van der Waals surface area contributed by atoms with E-state index in [4.69, 9.17) is 15.5 Å². The Kier molecular flexibility index (Phi) is 4.46. The molecule has 112 valence electrons. The van der Waals surface area contributed by atoms with Crippen molar-refractivity contribution in [2.45, 2.75) is 40.5 Å². The van der Waals surface area contributed by atoms with Gasteiger partial charge in [0, 0.05) is 17.5 Å². The van der Waals surface area contributed by atoms with Gasteiger partial charge in [-0.3, -0.25) is 0 Å². The predicted octanol–water partition coefficient (Wildman–Crippen LogP) is 3.61. The molecular weight excluding hydrogens is 262 g/mol. The van der Waals surface area contributed by atoms with E-state index in [2.05, 4.69) is 31.8 Å². The number of ether oxygens (including phenoxy) is 1. The molecule has 0 aliphatic rings. The van der Waals surface area contributed by atoms with E-state index in [9.17, 15) is 0 Å². The molecule has 2 aromatic rings. The second-order valence-electron chi connectivity index (χ2n) is 5.34. The molecule has 0 bridgehead atoms. The molecule has 0 unspecified atom stereocenters. The third kappa shape index (κ3) is 2.84. The second-order valence-corrected chi connectivity index (χ2v) is 5.34. The minimum Gasteiger partial charge on any atom is -0.496 e. The molecular formula is C17H23N3O. The Morgan fingerprint density at radius 2 is 1.81 bits per heavy atom. The van der Waals surface area contributed by atoms with Crippen molar-refractivity contribution in [3.8, 4) is 17.0 Å².